The molecule has 0 aliphatic rings. The molecule has 20 heavy (non-hydrogen) atoms. The Labute approximate surface area is 117 Å². The number of methoxy groups -OCH3 is 1. The van der Waals surface area contributed by atoms with Crippen LogP contribution in [0.5, 0.6) is 11.5 Å². The molecule has 2 rings (SSSR count). The number of hydrogen-bond donors (Lipinski definition) is 2. The smallest absolute Gasteiger partial charge is 0.492 e. The van der Waals surface area contributed by atoms with Gasteiger partial charge in [0.05, 0.1) is 13.7 Å². The van der Waals surface area contributed by atoms with Gasteiger partial charge in [-0.3, -0.25) is 0 Å². The summed E-state index contributed by atoms with van der Waals surface area (Å²) in [5, 5.41) is 18.7. The predicted molar refractivity (Wildman–Crippen MR) is 75.3 cm³/mol. The summed E-state index contributed by atoms with van der Waals surface area (Å²) in [6, 6.07) is 4.92. The van der Waals surface area contributed by atoms with E-state index in [4.69, 9.17) is 9.47 Å². The van der Waals surface area contributed by atoms with Crippen LogP contribution < -0.4 is 14.9 Å². The number of aromatic nitrogens is 2. The van der Waals surface area contributed by atoms with Gasteiger partial charge < -0.3 is 24.1 Å². The third kappa shape index (κ3) is 3.31. The van der Waals surface area contributed by atoms with Gasteiger partial charge in [-0.2, -0.15) is 0 Å². The van der Waals surface area contributed by atoms with Crippen LogP contribution >= 0.6 is 0 Å². The molecule has 7 heteroatoms. The fourth-order valence-corrected chi connectivity index (χ4v) is 1.88. The van der Waals surface area contributed by atoms with Crippen LogP contribution in [0.4, 0.5) is 0 Å². The Bertz CT molecular complexity index is 571. The lowest BCUT2D eigenvalue weighted by molar-refractivity contribution is 0.297. The summed E-state index contributed by atoms with van der Waals surface area (Å²) in [5.41, 5.74) is 0.284. The minimum atomic E-state index is -1.60. The van der Waals surface area contributed by atoms with Crippen LogP contribution in [0.2, 0.25) is 0 Å². The van der Waals surface area contributed by atoms with Gasteiger partial charge in [0.25, 0.3) is 0 Å². The molecule has 0 bridgehead atoms. The summed E-state index contributed by atoms with van der Waals surface area (Å²) in [5.74, 6) is 1.88. The van der Waals surface area contributed by atoms with Crippen molar-refractivity contribution < 1.29 is 19.5 Å². The van der Waals surface area contributed by atoms with E-state index in [0.29, 0.717) is 24.7 Å². The van der Waals surface area contributed by atoms with Gasteiger partial charge in [-0.1, -0.05) is 0 Å². The molecule has 2 aromatic rings. The van der Waals surface area contributed by atoms with E-state index in [1.165, 1.54) is 7.11 Å². The second kappa shape index (κ2) is 6.45. The zero-order valence-electron chi connectivity index (χ0n) is 11.5. The van der Waals surface area contributed by atoms with Crippen molar-refractivity contribution >= 4 is 12.6 Å². The zero-order chi connectivity index (χ0) is 14.5. The van der Waals surface area contributed by atoms with E-state index >= 15 is 0 Å². The van der Waals surface area contributed by atoms with E-state index in [0.717, 1.165) is 5.82 Å². The lowest BCUT2D eigenvalue weighted by Gasteiger charge is -2.13. The normalized spacial score (nSPS) is 10.4. The van der Waals surface area contributed by atoms with Gasteiger partial charge >= 0.3 is 7.12 Å². The number of hydrogen-bond acceptors (Lipinski definition) is 5. The van der Waals surface area contributed by atoms with Gasteiger partial charge in [-0.25, -0.2) is 4.98 Å². The molecule has 0 radical (unpaired) electrons. The van der Waals surface area contributed by atoms with Crippen LogP contribution in [0.3, 0.4) is 0 Å². The molecular weight excluding hydrogens is 259 g/mol. The molecule has 0 fully saturated rings. The minimum absolute atomic E-state index is 0.284. The molecule has 0 saturated carbocycles. The number of rotatable bonds is 6. The summed E-state index contributed by atoms with van der Waals surface area (Å²) in [4.78, 5) is 4.12. The molecule has 0 unspecified atom stereocenters. The summed E-state index contributed by atoms with van der Waals surface area (Å²) in [6.45, 7) is 2.96. The minimum Gasteiger partial charge on any atom is -0.497 e. The monoisotopic (exact) mass is 276 g/mol. The van der Waals surface area contributed by atoms with Crippen LogP contribution in [-0.4, -0.2) is 40.4 Å². The maximum atomic E-state index is 9.36. The standard InChI is InChI=1S/C13H17BN2O4/c1-10-15-5-6-16(10)7-8-20-13-4-3-11(19-2)9-12(13)14(17)18/h3-6,9,17-18H,7-8H2,1-2H3. The third-order valence-corrected chi connectivity index (χ3v) is 3.01. The van der Waals surface area contributed by atoms with Crippen molar-refractivity contribution in [2.45, 2.75) is 13.5 Å². The molecule has 6 nitrogen and oxygen atoms in total. The molecular formula is C13H17BN2O4. The van der Waals surface area contributed by atoms with Crippen molar-refractivity contribution in [1.82, 2.24) is 9.55 Å². The van der Waals surface area contributed by atoms with Crippen LogP contribution in [-0.2, 0) is 6.54 Å². The van der Waals surface area contributed by atoms with E-state index in [-0.39, 0.29) is 5.46 Å². The van der Waals surface area contributed by atoms with Gasteiger partial charge in [-0.05, 0) is 25.1 Å². The fourth-order valence-electron chi connectivity index (χ4n) is 1.88. The van der Waals surface area contributed by atoms with Crippen LogP contribution in [0.25, 0.3) is 0 Å². The highest BCUT2D eigenvalue weighted by atomic mass is 16.5. The first-order valence-corrected chi connectivity index (χ1v) is 6.26. The van der Waals surface area contributed by atoms with Crippen molar-refractivity contribution in [2.24, 2.45) is 0 Å². The van der Waals surface area contributed by atoms with E-state index in [2.05, 4.69) is 4.98 Å². The number of nitrogens with zero attached hydrogens (tertiary/aromatic N) is 2. The van der Waals surface area contributed by atoms with Crippen LogP contribution in [0, 0.1) is 6.92 Å². The Balaban J connectivity index is 2.03. The molecule has 106 valence electrons. The molecule has 0 atom stereocenters. The molecule has 0 aliphatic heterocycles. The maximum absolute atomic E-state index is 9.36. The molecule has 0 saturated heterocycles. The summed E-state index contributed by atoms with van der Waals surface area (Å²) in [7, 11) is -0.0827. The van der Waals surface area contributed by atoms with Crippen molar-refractivity contribution in [3.63, 3.8) is 0 Å². The highest BCUT2D eigenvalue weighted by molar-refractivity contribution is 6.59. The topological polar surface area (TPSA) is 76.7 Å². The predicted octanol–water partition coefficient (Wildman–Crippen LogP) is -0.0411. The van der Waals surface area contributed by atoms with Crippen LogP contribution in [0.1, 0.15) is 5.82 Å². The first-order valence-electron chi connectivity index (χ1n) is 6.26. The Kier molecular flexibility index (Phi) is 4.65. The Morgan fingerprint density at radius 3 is 2.75 bits per heavy atom. The maximum Gasteiger partial charge on any atom is 0.492 e. The largest absolute Gasteiger partial charge is 0.497 e. The highest BCUT2D eigenvalue weighted by Crippen LogP contribution is 2.15. The van der Waals surface area contributed by atoms with Crippen molar-refractivity contribution in [3.8, 4) is 11.5 Å². The molecule has 0 aliphatic carbocycles. The zero-order valence-corrected chi connectivity index (χ0v) is 11.5. The first kappa shape index (κ1) is 14.4. The Morgan fingerprint density at radius 2 is 2.15 bits per heavy atom. The molecule has 1 heterocycles. The summed E-state index contributed by atoms with van der Waals surface area (Å²) in [6.07, 6.45) is 3.60. The Morgan fingerprint density at radius 1 is 1.35 bits per heavy atom. The second-order valence-corrected chi connectivity index (χ2v) is 4.29. The lowest BCUT2D eigenvalue weighted by Crippen LogP contribution is -2.32. The number of aryl methyl sites for hydroxylation is 1. The second-order valence-electron chi connectivity index (χ2n) is 4.29. The molecule has 0 amide bonds. The summed E-state index contributed by atoms with van der Waals surface area (Å²) >= 11 is 0. The van der Waals surface area contributed by atoms with Crippen molar-refractivity contribution in [3.05, 3.63) is 36.4 Å². The van der Waals surface area contributed by atoms with Crippen molar-refractivity contribution in [1.29, 1.82) is 0 Å². The first-order chi connectivity index (χ1) is 9.61. The average Bonchev–Trinajstić information content (AvgIpc) is 2.84. The quantitative estimate of drug-likeness (QED) is 0.724. The van der Waals surface area contributed by atoms with Gasteiger partial charge in [0.15, 0.2) is 0 Å². The van der Waals surface area contributed by atoms with Crippen LogP contribution in [0.15, 0.2) is 30.6 Å². The fraction of sp³-hybridized carbons (Fsp3) is 0.308. The lowest BCUT2D eigenvalue weighted by atomic mass is 9.79. The van der Waals surface area contributed by atoms with E-state index < -0.39 is 7.12 Å². The van der Waals surface area contributed by atoms with E-state index in [1.54, 1.807) is 24.4 Å². The average molecular weight is 276 g/mol. The van der Waals surface area contributed by atoms with Crippen molar-refractivity contribution in [2.75, 3.05) is 13.7 Å². The van der Waals surface area contributed by atoms with Gasteiger partial charge in [-0.15, -0.1) is 0 Å². The third-order valence-electron chi connectivity index (χ3n) is 3.01. The summed E-state index contributed by atoms with van der Waals surface area (Å²) < 4.78 is 12.6. The van der Waals surface area contributed by atoms with E-state index in [9.17, 15) is 10.0 Å². The highest BCUT2D eigenvalue weighted by Gasteiger charge is 2.18. The number of ether oxygens (including phenoxy) is 2. The number of benzene rings is 1. The molecule has 0 spiro atoms. The SMILES string of the molecule is COc1ccc(OCCn2ccnc2C)c(B(O)O)c1. The van der Waals surface area contributed by atoms with Gasteiger partial charge in [0, 0.05) is 17.9 Å². The molecule has 1 aromatic carbocycles. The van der Waals surface area contributed by atoms with Gasteiger partial charge in [0.1, 0.15) is 23.9 Å². The molecule has 2 N–H and O–H groups in total. The number of imidazole rings is 1. The molecule has 1 aromatic heterocycles. The van der Waals surface area contributed by atoms with E-state index in [1.807, 2.05) is 17.7 Å². The van der Waals surface area contributed by atoms with Gasteiger partial charge in [0.2, 0.25) is 0 Å². The Hall–Kier alpha value is -1.99.